The minimum absolute atomic E-state index is 0.130. The van der Waals surface area contributed by atoms with Gasteiger partial charge in [0.05, 0.1) is 6.61 Å². The van der Waals surface area contributed by atoms with Crippen LogP contribution in [0.3, 0.4) is 0 Å². The minimum Gasteiger partial charge on any atom is -0.392 e. The maximum Gasteiger partial charge on any atom is 0.274 e. The summed E-state index contributed by atoms with van der Waals surface area (Å²) in [6, 6.07) is 2.66. The summed E-state index contributed by atoms with van der Waals surface area (Å²) < 4.78 is 8.85. The van der Waals surface area contributed by atoms with Crippen molar-refractivity contribution in [1.82, 2.24) is 14.5 Å². The third-order valence-electron chi connectivity index (χ3n) is 4.27. The first-order valence-corrected chi connectivity index (χ1v) is 12.6. The molecule has 7 nitrogen and oxygen atoms in total. The van der Waals surface area contributed by atoms with Crippen molar-refractivity contribution in [3.8, 4) is 0 Å². The first-order valence-electron chi connectivity index (χ1n) is 8.88. The molecule has 0 fully saturated rings. The van der Waals surface area contributed by atoms with Gasteiger partial charge in [-0.2, -0.15) is 0 Å². The molecule has 0 radical (unpaired) electrons. The van der Waals surface area contributed by atoms with E-state index in [0.717, 1.165) is 6.04 Å². The Hall–Kier alpha value is -1.90. The average Bonchev–Trinajstić information content (AvgIpc) is 2.94. The van der Waals surface area contributed by atoms with Crippen LogP contribution in [0, 0.1) is 0 Å². The lowest BCUT2D eigenvalue weighted by molar-refractivity contribution is 0.0811. The predicted molar refractivity (Wildman–Crippen MR) is 105 cm³/mol. The number of nitrogens with one attached hydrogen (secondary N) is 1. The molecule has 2 aromatic rings. The number of carbonyl (C=O) groups is 1. The molecule has 0 aliphatic rings. The van der Waals surface area contributed by atoms with Gasteiger partial charge >= 0.3 is 0 Å². The zero-order valence-corrected chi connectivity index (χ0v) is 17.3. The normalized spacial score (nSPS) is 11.9. The number of aliphatic hydroxyl groups is 1. The molecule has 0 saturated carbocycles. The number of hydrogen-bond donors (Lipinski definition) is 2. The van der Waals surface area contributed by atoms with Gasteiger partial charge in [-0.25, -0.2) is 0 Å². The Labute approximate surface area is 154 Å². The number of fused-ring (bicyclic) bond motifs is 1. The first-order chi connectivity index (χ1) is 12.2. The molecule has 1 amide bonds. The Kier molecular flexibility index (Phi) is 6.43. The smallest absolute Gasteiger partial charge is 0.274 e. The van der Waals surface area contributed by atoms with Crippen molar-refractivity contribution in [3.05, 3.63) is 33.9 Å². The van der Waals surface area contributed by atoms with Crippen molar-refractivity contribution in [2.45, 2.75) is 45.9 Å². The van der Waals surface area contributed by atoms with Crippen LogP contribution in [0.4, 0.5) is 0 Å². The van der Waals surface area contributed by atoms with Crippen molar-refractivity contribution < 1.29 is 14.6 Å². The van der Waals surface area contributed by atoms with E-state index in [4.69, 9.17) is 4.74 Å². The fourth-order valence-corrected chi connectivity index (χ4v) is 3.54. The lowest BCUT2D eigenvalue weighted by Gasteiger charge is -2.16. The van der Waals surface area contributed by atoms with E-state index in [9.17, 15) is 14.7 Å². The van der Waals surface area contributed by atoms with Gasteiger partial charge in [-0.05, 0) is 19.0 Å². The van der Waals surface area contributed by atoms with E-state index < -0.39 is 8.07 Å². The fourth-order valence-electron chi connectivity index (χ4n) is 2.79. The van der Waals surface area contributed by atoms with E-state index >= 15 is 0 Å². The first kappa shape index (κ1) is 20.4. The molecular weight excluding hydrogens is 350 g/mol. The number of aromatic nitrogens is 2. The van der Waals surface area contributed by atoms with Crippen LogP contribution in [0.5, 0.6) is 0 Å². The Morgan fingerprint density at radius 2 is 2.04 bits per heavy atom. The molecule has 144 valence electrons. The maximum absolute atomic E-state index is 12.7. The Morgan fingerprint density at radius 3 is 2.62 bits per heavy atom. The van der Waals surface area contributed by atoms with Crippen LogP contribution in [0.25, 0.3) is 10.9 Å². The molecule has 2 heterocycles. The lowest BCUT2D eigenvalue weighted by Crippen LogP contribution is -2.28. The SMILES string of the molecule is CCNC(=O)c1cc2c(CO)cn(C)c(=O)c2n1COCC[Si](C)(C)C. The van der Waals surface area contributed by atoms with Crippen LogP contribution in [0.1, 0.15) is 23.0 Å². The quantitative estimate of drug-likeness (QED) is 0.542. The van der Waals surface area contributed by atoms with Crippen LogP contribution in [-0.2, 0) is 25.1 Å². The number of carbonyl (C=O) groups excluding carboxylic acids is 1. The van der Waals surface area contributed by atoms with E-state index in [1.165, 1.54) is 4.57 Å². The Morgan fingerprint density at radius 1 is 1.35 bits per heavy atom. The van der Waals surface area contributed by atoms with E-state index in [-0.39, 0.29) is 24.8 Å². The van der Waals surface area contributed by atoms with Gasteiger partial charge < -0.3 is 24.3 Å². The standard InChI is InChI=1S/C18H29N3O4Si/c1-6-19-17(23)15-9-14-13(11-22)10-20(2)18(24)16(14)21(15)12-25-7-8-26(3,4)5/h9-10,22H,6-8,11-12H2,1-5H3,(H,19,23). The number of ether oxygens (including phenoxy) is 1. The average molecular weight is 380 g/mol. The van der Waals surface area contributed by atoms with Gasteiger partial charge in [-0.15, -0.1) is 0 Å². The van der Waals surface area contributed by atoms with Gasteiger partial charge in [0.1, 0.15) is 17.9 Å². The molecule has 26 heavy (non-hydrogen) atoms. The zero-order chi connectivity index (χ0) is 19.5. The molecule has 2 rings (SSSR count). The Balaban J connectivity index is 2.49. The highest BCUT2D eigenvalue weighted by atomic mass is 28.3. The summed E-state index contributed by atoms with van der Waals surface area (Å²) in [5.74, 6) is -0.261. The van der Waals surface area contributed by atoms with Crippen molar-refractivity contribution in [2.75, 3.05) is 13.2 Å². The third kappa shape index (κ3) is 4.43. The maximum atomic E-state index is 12.7. The van der Waals surface area contributed by atoms with Gasteiger partial charge in [-0.3, -0.25) is 9.59 Å². The summed E-state index contributed by atoms with van der Waals surface area (Å²) >= 11 is 0. The highest BCUT2D eigenvalue weighted by molar-refractivity contribution is 6.76. The summed E-state index contributed by atoms with van der Waals surface area (Å²) in [7, 11) is 0.407. The van der Waals surface area contributed by atoms with Gasteiger partial charge in [0.25, 0.3) is 11.5 Å². The molecule has 2 aromatic heterocycles. The second-order valence-corrected chi connectivity index (χ2v) is 13.3. The molecule has 0 bridgehead atoms. The van der Waals surface area contributed by atoms with Crippen LogP contribution in [0.15, 0.2) is 17.1 Å². The fraction of sp³-hybridized carbons (Fsp3) is 0.556. The number of aryl methyl sites for hydroxylation is 1. The number of rotatable bonds is 8. The number of hydrogen-bond acceptors (Lipinski definition) is 4. The van der Waals surface area contributed by atoms with Crippen molar-refractivity contribution in [1.29, 1.82) is 0 Å². The van der Waals surface area contributed by atoms with E-state index in [1.54, 1.807) is 23.9 Å². The van der Waals surface area contributed by atoms with Gasteiger partial charge in [0.15, 0.2) is 0 Å². The van der Waals surface area contributed by atoms with Gasteiger partial charge in [-0.1, -0.05) is 19.6 Å². The number of amides is 1. The van der Waals surface area contributed by atoms with Crippen LogP contribution in [-0.4, -0.2) is 41.4 Å². The molecule has 0 atom stereocenters. The summed E-state index contributed by atoms with van der Waals surface area (Å²) in [6.07, 6.45) is 1.60. The molecule has 0 aromatic carbocycles. The van der Waals surface area contributed by atoms with Crippen molar-refractivity contribution in [2.24, 2.45) is 7.05 Å². The molecule has 0 saturated heterocycles. The molecule has 0 aliphatic heterocycles. The van der Waals surface area contributed by atoms with Gasteiger partial charge in [0, 0.05) is 45.4 Å². The molecule has 0 unspecified atom stereocenters. The van der Waals surface area contributed by atoms with Crippen LogP contribution < -0.4 is 10.9 Å². The molecule has 0 spiro atoms. The van der Waals surface area contributed by atoms with Gasteiger partial charge in [0.2, 0.25) is 0 Å². The highest BCUT2D eigenvalue weighted by Crippen LogP contribution is 2.21. The lowest BCUT2D eigenvalue weighted by atomic mass is 10.2. The Bertz CT molecular complexity index is 849. The zero-order valence-electron chi connectivity index (χ0n) is 16.3. The van der Waals surface area contributed by atoms with Crippen LogP contribution >= 0.6 is 0 Å². The topological polar surface area (TPSA) is 85.5 Å². The van der Waals surface area contributed by atoms with Crippen molar-refractivity contribution >= 4 is 24.9 Å². The number of aliphatic hydroxyl groups excluding tert-OH is 1. The van der Waals surface area contributed by atoms with E-state index in [1.807, 2.05) is 6.92 Å². The molecular formula is C18H29N3O4Si. The van der Waals surface area contributed by atoms with E-state index in [2.05, 4.69) is 25.0 Å². The predicted octanol–water partition coefficient (Wildman–Crippen LogP) is 1.89. The van der Waals surface area contributed by atoms with Crippen LogP contribution in [0.2, 0.25) is 25.7 Å². The number of pyridine rings is 1. The summed E-state index contributed by atoms with van der Waals surface area (Å²) in [4.78, 5) is 25.2. The minimum atomic E-state index is -1.23. The third-order valence-corrected chi connectivity index (χ3v) is 5.98. The molecule has 2 N–H and O–H groups in total. The summed E-state index contributed by atoms with van der Waals surface area (Å²) in [5.41, 5.74) is 1.14. The second kappa shape index (κ2) is 8.19. The summed E-state index contributed by atoms with van der Waals surface area (Å²) in [6.45, 7) is 9.64. The summed E-state index contributed by atoms with van der Waals surface area (Å²) in [5, 5.41) is 13.0. The molecule has 8 heteroatoms. The monoisotopic (exact) mass is 379 g/mol. The van der Waals surface area contributed by atoms with E-state index in [0.29, 0.717) is 35.3 Å². The molecule has 0 aliphatic carbocycles. The number of nitrogens with zero attached hydrogens (tertiary/aromatic N) is 2. The second-order valence-electron chi connectivity index (χ2n) is 7.66. The highest BCUT2D eigenvalue weighted by Gasteiger charge is 2.20. The largest absolute Gasteiger partial charge is 0.392 e. The van der Waals surface area contributed by atoms with Crippen molar-refractivity contribution in [3.63, 3.8) is 0 Å².